The van der Waals surface area contributed by atoms with E-state index in [4.69, 9.17) is 4.74 Å². The second kappa shape index (κ2) is 7.79. The summed E-state index contributed by atoms with van der Waals surface area (Å²) in [5, 5.41) is 7.76. The summed E-state index contributed by atoms with van der Waals surface area (Å²) in [7, 11) is 0. The van der Waals surface area contributed by atoms with Crippen LogP contribution in [0.3, 0.4) is 0 Å². The van der Waals surface area contributed by atoms with Crippen LogP contribution in [-0.2, 0) is 4.74 Å². The van der Waals surface area contributed by atoms with Gasteiger partial charge in [-0.1, -0.05) is 18.2 Å². The SMILES string of the molecule is CCOC(=O)c1cn(-c2ccc(-c3cn4ccccc4n3)cc2)nc1NC(C)C. The van der Waals surface area contributed by atoms with Crippen LogP contribution in [0.5, 0.6) is 0 Å². The molecule has 0 amide bonds. The summed E-state index contributed by atoms with van der Waals surface area (Å²) in [6.07, 6.45) is 5.68. The number of rotatable bonds is 6. The Balaban J connectivity index is 1.65. The number of hydrogen-bond donors (Lipinski definition) is 1. The lowest BCUT2D eigenvalue weighted by molar-refractivity contribution is 0.0527. The molecule has 4 aromatic rings. The number of carbonyl (C=O) groups is 1. The zero-order valence-corrected chi connectivity index (χ0v) is 16.7. The third kappa shape index (κ3) is 3.85. The molecule has 7 nitrogen and oxygen atoms in total. The monoisotopic (exact) mass is 389 g/mol. The first kappa shape index (κ1) is 18.7. The number of carbonyl (C=O) groups excluding carboxylic acids is 1. The molecule has 1 N–H and O–H groups in total. The van der Waals surface area contributed by atoms with E-state index in [1.807, 2.05) is 73.1 Å². The Hall–Kier alpha value is -3.61. The molecule has 0 radical (unpaired) electrons. The predicted octanol–water partition coefficient (Wildman–Crippen LogP) is 4.18. The molecule has 0 saturated heterocycles. The number of esters is 1. The van der Waals surface area contributed by atoms with Gasteiger partial charge in [-0.3, -0.25) is 0 Å². The summed E-state index contributed by atoms with van der Waals surface area (Å²) in [6, 6.07) is 14.0. The maximum Gasteiger partial charge on any atom is 0.343 e. The molecule has 0 bridgehead atoms. The Bertz CT molecular complexity index is 1110. The summed E-state index contributed by atoms with van der Waals surface area (Å²) < 4.78 is 8.84. The second-order valence-corrected chi connectivity index (χ2v) is 6.99. The highest BCUT2D eigenvalue weighted by Crippen LogP contribution is 2.23. The molecule has 0 fully saturated rings. The maximum absolute atomic E-state index is 12.3. The molecule has 3 heterocycles. The molecule has 0 aliphatic rings. The molecule has 29 heavy (non-hydrogen) atoms. The molecule has 0 saturated carbocycles. The van der Waals surface area contributed by atoms with Crippen molar-refractivity contribution in [3.05, 3.63) is 66.6 Å². The van der Waals surface area contributed by atoms with Crippen LogP contribution in [0.2, 0.25) is 0 Å². The van der Waals surface area contributed by atoms with Crippen molar-refractivity contribution in [1.29, 1.82) is 0 Å². The summed E-state index contributed by atoms with van der Waals surface area (Å²) in [4.78, 5) is 16.9. The minimum atomic E-state index is -0.386. The van der Waals surface area contributed by atoms with Crippen molar-refractivity contribution in [1.82, 2.24) is 19.2 Å². The van der Waals surface area contributed by atoms with E-state index in [1.165, 1.54) is 0 Å². The Labute approximate surface area is 169 Å². The fourth-order valence-electron chi connectivity index (χ4n) is 3.10. The molecular formula is C22H23N5O2. The number of nitrogens with one attached hydrogen (secondary N) is 1. The largest absolute Gasteiger partial charge is 0.462 e. The van der Waals surface area contributed by atoms with E-state index >= 15 is 0 Å². The van der Waals surface area contributed by atoms with Gasteiger partial charge in [0, 0.05) is 30.2 Å². The second-order valence-electron chi connectivity index (χ2n) is 6.99. The number of ether oxygens (including phenoxy) is 1. The lowest BCUT2D eigenvalue weighted by Crippen LogP contribution is -2.14. The number of pyridine rings is 1. The molecule has 4 rings (SSSR count). The quantitative estimate of drug-likeness (QED) is 0.501. The van der Waals surface area contributed by atoms with Gasteiger partial charge in [-0.25, -0.2) is 14.5 Å². The van der Waals surface area contributed by atoms with E-state index in [9.17, 15) is 4.79 Å². The Morgan fingerprint density at radius 2 is 1.93 bits per heavy atom. The fourth-order valence-corrected chi connectivity index (χ4v) is 3.10. The molecular weight excluding hydrogens is 366 g/mol. The Morgan fingerprint density at radius 3 is 2.62 bits per heavy atom. The van der Waals surface area contributed by atoms with E-state index in [1.54, 1.807) is 17.8 Å². The Kier molecular flexibility index (Phi) is 5.03. The molecule has 0 unspecified atom stereocenters. The van der Waals surface area contributed by atoms with E-state index in [-0.39, 0.29) is 12.0 Å². The highest BCUT2D eigenvalue weighted by atomic mass is 16.5. The van der Waals surface area contributed by atoms with E-state index in [2.05, 4.69) is 15.4 Å². The summed E-state index contributed by atoms with van der Waals surface area (Å²) in [6.45, 7) is 6.10. The van der Waals surface area contributed by atoms with Crippen molar-refractivity contribution in [2.24, 2.45) is 0 Å². The average Bonchev–Trinajstić information content (AvgIpc) is 3.32. The molecule has 7 heteroatoms. The molecule has 1 aromatic carbocycles. The Morgan fingerprint density at radius 1 is 1.14 bits per heavy atom. The first-order chi connectivity index (χ1) is 14.0. The topological polar surface area (TPSA) is 73.5 Å². The molecule has 148 valence electrons. The van der Waals surface area contributed by atoms with E-state index in [0.29, 0.717) is 18.0 Å². The summed E-state index contributed by atoms with van der Waals surface area (Å²) >= 11 is 0. The van der Waals surface area contributed by atoms with Crippen LogP contribution in [0.4, 0.5) is 5.82 Å². The average molecular weight is 389 g/mol. The van der Waals surface area contributed by atoms with Crippen molar-refractivity contribution in [2.75, 3.05) is 11.9 Å². The van der Waals surface area contributed by atoms with Gasteiger partial charge in [0.2, 0.25) is 0 Å². The van der Waals surface area contributed by atoms with Crippen LogP contribution >= 0.6 is 0 Å². The van der Waals surface area contributed by atoms with E-state index in [0.717, 1.165) is 22.6 Å². The van der Waals surface area contributed by atoms with Crippen LogP contribution in [0.1, 0.15) is 31.1 Å². The minimum Gasteiger partial charge on any atom is -0.462 e. The van der Waals surface area contributed by atoms with Gasteiger partial charge in [0.1, 0.15) is 11.2 Å². The van der Waals surface area contributed by atoms with Crippen molar-refractivity contribution in [2.45, 2.75) is 26.8 Å². The van der Waals surface area contributed by atoms with Gasteiger partial charge < -0.3 is 14.5 Å². The third-order valence-electron chi connectivity index (χ3n) is 4.43. The summed E-state index contributed by atoms with van der Waals surface area (Å²) in [5.41, 5.74) is 4.08. The number of hydrogen-bond acceptors (Lipinski definition) is 5. The van der Waals surface area contributed by atoms with Crippen LogP contribution in [0, 0.1) is 0 Å². The number of imidazole rings is 1. The van der Waals surface area contributed by atoms with E-state index < -0.39 is 0 Å². The number of nitrogens with zero attached hydrogens (tertiary/aromatic N) is 4. The first-order valence-electron chi connectivity index (χ1n) is 9.63. The highest BCUT2D eigenvalue weighted by molar-refractivity contribution is 5.94. The minimum absolute atomic E-state index is 0.143. The predicted molar refractivity (Wildman–Crippen MR) is 112 cm³/mol. The normalized spacial score (nSPS) is 11.2. The van der Waals surface area contributed by atoms with Gasteiger partial charge in [0.05, 0.1) is 18.0 Å². The highest BCUT2D eigenvalue weighted by Gasteiger charge is 2.19. The standard InChI is InChI=1S/C22H23N5O2/c1-4-29-22(28)18-13-27(25-21(18)23-15(2)3)17-10-8-16(9-11-17)19-14-26-12-6-5-7-20(26)24-19/h5-15H,4H2,1-3H3,(H,23,25). The molecule has 3 aromatic heterocycles. The molecule has 0 spiro atoms. The fraction of sp³-hybridized carbons (Fsp3) is 0.227. The smallest absolute Gasteiger partial charge is 0.343 e. The zero-order valence-electron chi connectivity index (χ0n) is 16.7. The van der Waals surface area contributed by atoms with Crippen molar-refractivity contribution in [3.8, 4) is 16.9 Å². The number of aromatic nitrogens is 4. The third-order valence-corrected chi connectivity index (χ3v) is 4.43. The van der Waals surface area contributed by atoms with Crippen molar-refractivity contribution in [3.63, 3.8) is 0 Å². The number of anilines is 1. The lowest BCUT2D eigenvalue weighted by Gasteiger charge is -2.08. The van der Waals surface area contributed by atoms with Crippen molar-refractivity contribution < 1.29 is 9.53 Å². The number of fused-ring (bicyclic) bond motifs is 1. The van der Waals surface area contributed by atoms with Gasteiger partial charge in [0.25, 0.3) is 0 Å². The molecule has 0 aliphatic carbocycles. The molecule has 0 atom stereocenters. The number of benzene rings is 1. The van der Waals surface area contributed by atoms with Gasteiger partial charge >= 0.3 is 5.97 Å². The first-order valence-corrected chi connectivity index (χ1v) is 9.63. The lowest BCUT2D eigenvalue weighted by atomic mass is 10.1. The maximum atomic E-state index is 12.3. The summed E-state index contributed by atoms with van der Waals surface area (Å²) in [5.74, 6) is 0.131. The van der Waals surface area contributed by atoms with Gasteiger partial charge in [-0.2, -0.15) is 0 Å². The van der Waals surface area contributed by atoms with Gasteiger partial charge in [-0.15, -0.1) is 5.10 Å². The van der Waals surface area contributed by atoms with Crippen LogP contribution < -0.4 is 5.32 Å². The van der Waals surface area contributed by atoms with Crippen LogP contribution in [-0.4, -0.2) is 37.8 Å². The zero-order chi connectivity index (χ0) is 20.4. The molecule has 0 aliphatic heterocycles. The van der Waals surface area contributed by atoms with Gasteiger partial charge in [0.15, 0.2) is 5.82 Å². The van der Waals surface area contributed by atoms with Gasteiger partial charge in [-0.05, 0) is 45.0 Å². The van der Waals surface area contributed by atoms with Crippen molar-refractivity contribution >= 4 is 17.4 Å². The van der Waals surface area contributed by atoms with Crippen LogP contribution in [0.15, 0.2) is 61.1 Å². The van der Waals surface area contributed by atoms with Crippen LogP contribution in [0.25, 0.3) is 22.6 Å².